The van der Waals surface area contributed by atoms with E-state index in [4.69, 9.17) is 14.3 Å². The molecule has 2 amide bonds. The zero-order valence-electron chi connectivity index (χ0n) is 15.7. The summed E-state index contributed by atoms with van der Waals surface area (Å²) >= 11 is 0. The molecular formula is C19H19N3O7. The van der Waals surface area contributed by atoms with Gasteiger partial charge in [0.1, 0.15) is 12.7 Å². The average molecular weight is 401 g/mol. The predicted octanol–water partition coefficient (Wildman–Crippen LogP) is 0.313. The Morgan fingerprint density at radius 2 is 1.72 bits per heavy atom. The largest absolute Gasteiger partial charge is 0.376 e. The highest BCUT2D eigenvalue weighted by Gasteiger charge is 2.45. The number of rotatable bonds is 5. The van der Waals surface area contributed by atoms with Crippen molar-refractivity contribution in [1.29, 1.82) is 0 Å². The number of amides is 2. The zero-order valence-corrected chi connectivity index (χ0v) is 15.7. The number of nitrogens with one attached hydrogen (secondary N) is 1. The minimum Gasteiger partial charge on any atom is -0.376 e. The van der Waals surface area contributed by atoms with Crippen molar-refractivity contribution in [3.8, 4) is 0 Å². The third-order valence-electron chi connectivity index (χ3n) is 5.22. The first-order valence-electron chi connectivity index (χ1n) is 9.03. The quantitative estimate of drug-likeness (QED) is 0.716. The van der Waals surface area contributed by atoms with Crippen LogP contribution in [0.3, 0.4) is 0 Å². The average Bonchev–Trinajstić information content (AvgIpc) is 3.14. The van der Waals surface area contributed by atoms with Crippen molar-refractivity contribution in [2.45, 2.75) is 25.4 Å². The van der Waals surface area contributed by atoms with Gasteiger partial charge in [0, 0.05) is 25.3 Å². The van der Waals surface area contributed by atoms with Gasteiger partial charge in [-0.3, -0.25) is 28.8 Å². The Hall–Kier alpha value is -3.08. The van der Waals surface area contributed by atoms with Gasteiger partial charge in [0.15, 0.2) is 6.23 Å². The molecule has 152 valence electrons. The lowest BCUT2D eigenvalue weighted by atomic mass is 10.0. The fraction of sp³-hybridized carbons (Fsp3) is 0.368. The van der Waals surface area contributed by atoms with Crippen LogP contribution in [0.25, 0.3) is 0 Å². The maximum Gasteiger partial charge on any atom is 0.330 e. The van der Waals surface area contributed by atoms with Crippen molar-refractivity contribution in [3.05, 3.63) is 68.5 Å². The third-order valence-corrected chi connectivity index (χ3v) is 5.22. The second kappa shape index (κ2) is 7.39. The molecule has 0 unspecified atom stereocenters. The SMILES string of the molecule is CO[C@@H]1[C@H](C)[C@@H](CON2C(=O)c3ccccc3C2=O)O[C@H]1n1ccc(=O)[nH]c1=O. The molecule has 0 aliphatic carbocycles. The number of aromatic amines is 1. The first-order chi connectivity index (χ1) is 13.9. The summed E-state index contributed by atoms with van der Waals surface area (Å²) in [5.41, 5.74) is -0.578. The van der Waals surface area contributed by atoms with Gasteiger partial charge < -0.3 is 9.47 Å². The molecule has 10 heteroatoms. The van der Waals surface area contributed by atoms with Crippen LogP contribution in [0, 0.1) is 5.92 Å². The Balaban J connectivity index is 1.50. The Labute approximate surface area is 164 Å². The van der Waals surface area contributed by atoms with E-state index in [0.717, 1.165) is 5.06 Å². The van der Waals surface area contributed by atoms with Gasteiger partial charge in [-0.2, -0.15) is 0 Å². The molecule has 1 fully saturated rings. The first-order valence-corrected chi connectivity index (χ1v) is 9.03. The molecule has 0 spiro atoms. The number of hydrogen-bond donors (Lipinski definition) is 1. The van der Waals surface area contributed by atoms with Crippen molar-refractivity contribution in [1.82, 2.24) is 14.6 Å². The number of carbonyl (C=O) groups excluding carboxylic acids is 2. The summed E-state index contributed by atoms with van der Waals surface area (Å²) < 4.78 is 12.7. The van der Waals surface area contributed by atoms with Gasteiger partial charge >= 0.3 is 5.69 Å². The van der Waals surface area contributed by atoms with Crippen molar-refractivity contribution in [3.63, 3.8) is 0 Å². The minimum absolute atomic E-state index is 0.0961. The summed E-state index contributed by atoms with van der Waals surface area (Å²) in [6.45, 7) is 1.75. The molecule has 1 aromatic heterocycles. The Morgan fingerprint density at radius 1 is 1.07 bits per heavy atom. The second-order valence-corrected chi connectivity index (χ2v) is 6.89. The lowest BCUT2D eigenvalue weighted by Gasteiger charge is -2.20. The van der Waals surface area contributed by atoms with Gasteiger partial charge in [-0.1, -0.05) is 19.1 Å². The van der Waals surface area contributed by atoms with Crippen molar-refractivity contribution >= 4 is 11.8 Å². The molecule has 1 aromatic carbocycles. The number of ether oxygens (including phenoxy) is 2. The van der Waals surface area contributed by atoms with E-state index in [1.165, 1.54) is 23.9 Å². The summed E-state index contributed by atoms with van der Waals surface area (Å²) in [5, 5.41) is 0.724. The predicted molar refractivity (Wildman–Crippen MR) is 98.1 cm³/mol. The Bertz CT molecular complexity index is 1040. The molecule has 0 bridgehead atoms. The van der Waals surface area contributed by atoms with E-state index < -0.39 is 41.5 Å². The van der Waals surface area contributed by atoms with Crippen LogP contribution >= 0.6 is 0 Å². The molecule has 2 aromatic rings. The summed E-state index contributed by atoms with van der Waals surface area (Å²) in [5.74, 6) is -1.29. The molecule has 2 aliphatic rings. The van der Waals surface area contributed by atoms with E-state index in [9.17, 15) is 19.2 Å². The molecule has 1 N–H and O–H groups in total. The van der Waals surface area contributed by atoms with Crippen LogP contribution < -0.4 is 11.2 Å². The number of benzene rings is 1. The molecule has 2 aliphatic heterocycles. The van der Waals surface area contributed by atoms with Crippen LogP contribution in [0.15, 0.2) is 46.1 Å². The smallest absolute Gasteiger partial charge is 0.330 e. The lowest BCUT2D eigenvalue weighted by Crippen LogP contribution is -2.36. The van der Waals surface area contributed by atoms with Gasteiger partial charge in [-0.25, -0.2) is 4.79 Å². The van der Waals surface area contributed by atoms with Gasteiger partial charge in [0.25, 0.3) is 17.4 Å². The number of aromatic nitrogens is 2. The normalized spacial score (nSPS) is 26.2. The molecule has 3 heterocycles. The third kappa shape index (κ3) is 3.20. The number of imide groups is 1. The molecule has 0 radical (unpaired) electrons. The number of nitrogens with zero attached hydrogens (tertiary/aromatic N) is 2. The number of methoxy groups -OCH3 is 1. The number of hydrogen-bond acceptors (Lipinski definition) is 7. The molecule has 0 saturated carbocycles. The van der Waals surface area contributed by atoms with Gasteiger partial charge in [-0.15, -0.1) is 5.06 Å². The van der Waals surface area contributed by atoms with E-state index in [0.29, 0.717) is 0 Å². The van der Waals surface area contributed by atoms with Crippen LogP contribution in [0.2, 0.25) is 0 Å². The Morgan fingerprint density at radius 3 is 2.31 bits per heavy atom. The van der Waals surface area contributed by atoms with Crippen molar-refractivity contribution < 1.29 is 23.9 Å². The van der Waals surface area contributed by atoms with Gasteiger partial charge in [-0.05, 0) is 12.1 Å². The fourth-order valence-electron chi connectivity index (χ4n) is 3.66. The highest BCUT2D eigenvalue weighted by Crippen LogP contribution is 2.35. The lowest BCUT2D eigenvalue weighted by molar-refractivity contribution is -0.136. The van der Waals surface area contributed by atoms with Crippen molar-refractivity contribution in [2.75, 3.05) is 13.7 Å². The maximum atomic E-state index is 12.4. The van der Waals surface area contributed by atoms with Crippen LogP contribution in [0.5, 0.6) is 0 Å². The molecule has 1 saturated heterocycles. The first kappa shape index (κ1) is 19.2. The summed E-state index contributed by atoms with van der Waals surface area (Å²) in [4.78, 5) is 55.9. The maximum absolute atomic E-state index is 12.4. The summed E-state index contributed by atoms with van der Waals surface area (Å²) in [6.07, 6.45) is -0.532. The van der Waals surface area contributed by atoms with Crippen molar-refractivity contribution in [2.24, 2.45) is 5.92 Å². The van der Waals surface area contributed by atoms with Gasteiger partial charge in [0.05, 0.1) is 17.2 Å². The van der Waals surface area contributed by atoms with Gasteiger partial charge in [0.2, 0.25) is 0 Å². The minimum atomic E-state index is -0.796. The number of fused-ring (bicyclic) bond motifs is 1. The van der Waals surface area contributed by atoms with Crippen LogP contribution in [0.4, 0.5) is 0 Å². The molecule has 4 rings (SSSR count). The number of hydroxylamine groups is 2. The van der Waals surface area contributed by atoms with Crippen LogP contribution in [-0.4, -0.2) is 52.4 Å². The molecule has 4 atom stereocenters. The molecule has 29 heavy (non-hydrogen) atoms. The topological polar surface area (TPSA) is 120 Å². The number of carbonyl (C=O) groups is 2. The zero-order chi connectivity index (χ0) is 20.7. The van der Waals surface area contributed by atoms with E-state index in [1.807, 2.05) is 6.92 Å². The Kier molecular flexibility index (Phi) is 4.91. The van der Waals surface area contributed by atoms with E-state index in [2.05, 4.69) is 4.98 Å². The summed E-state index contributed by atoms with van der Waals surface area (Å²) in [6, 6.07) is 7.68. The standard InChI is InChI=1S/C19H19N3O7/c1-10-13(9-28-22-16(24)11-5-3-4-6-12(11)17(22)25)29-18(15(10)27-2)21-8-7-14(23)20-19(21)26/h3-8,10,13,15,18H,9H2,1-2H3,(H,20,23,26)/t10-,13-,15-,18-/m1/s1. The fourth-order valence-corrected chi connectivity index (χ4v) is 3.66. The number of H-pyrrole nitrogens is 1. The van der Waals surface area contributed by atoms with E-state index in [1.54, 1.807) is 24.3 Å². The molecular weight excluding hydrogens is 382 g/mol. The second-order valence-electron chi connectivity index (χ2n) is 6.89. The summed E-state index contributed by atoms with van der Waals surface area (Å²) in [7, 11) is 1.49. The van der Waals surface area contributed by atoms with E-state index >= 15 is 0 Å². The van der Waals surface area contributed by atoms with Crippen LogP contribution in [-0.2, 0) is 14.3 Å². The highest BCUT2D eigenvalue weighted by atomic mass is 16.7. The highest BCUT2D eigenvalue weighted by molar-refractivity contribution is 6.20. The molecule has 10 nitrogen and oxygen atoms in total. The van der Waals surface area contributed by atoms with Crippen LogP contribution in [0.1, 0.15) is 33.9 Å². The monoisotopic (exact) mass is 401 g/mol. The van der Waals surface area contributed by atoms with E-state index in [-0.39, 0.29) is 23.7 Å².